The predicted octanol–water partition coefficient (Wildman–Crippen LogP) is 4.29. The van der Waals surface area contributed by atoms with Gasteiger partial charge in [0.15, 0.2) is 6.23 Å². The molecule has 0 spiro atoms. The lowest BCUT2D eigenvalue weighted by Gasteiger charge is -2.19. The van der Waals surface area contributed by atoms with Crippen molar-refractivity contribution in [1.29, 1.82) is 0 Å². The first kappa shape index (κ1) is 29.3. The Balaban J connectivity index is 1.52. The number of oxime groups is 1. The fraction of sp³-hybridized carbons (Fsp3) is 0.808. The molecular weight excluding hydrogens is 450 g/mol. The maximum Gasteiger partial charge on any atom is 0.330 e. The molecule has 0 bridgehead atoms. The molecule has 1 aliphatic rings. The Morgan fingerprint density at radius 1 is 1.03 bits per heavy atom. The average Bonchev–Trinajstić information content (AvgIpc) is 3.15. The molecule has 2 unspecified atom stereocenters. The summed E-state index contributed by atoms with van der Waals surface area (Å²) in [5, 5.41) is 14.5. The van der Waals surface area contributed by atoms with Gasteiger partial charge in [-0.15, -0.1) is 0 Å². The highest BCUT2D eigenvalue weighted by molar-refractivity contribution is 5.56. The minimum atomic E-state index is -1.000. The molecule has 0 aliphatic carbocycles. The van der Waals surface area contributed by atoms with Crippen LogP contribution in [0.1, 0.15) is 103 Å². The summed E-state index contributed by atoms with van der Waals surface area (Å²) >= 11 is 0. The summed E-state index contributed by atoms with van der Waals surface area (Å²) in [7, 11) is 1.43. The number of hydrogen-bond acceptors (Lipinski definition) is 7. The summed E-state index contributed by atoms with van der Waals surface area (Å²) in [4.78, 5) is 30.8. The molecule has 0 aromatic carbocycles. The molecule has 1 aromatic rings. The van der Waals surface area contributed by atoms with Crippen LogP contribution in [-0.2, 0) is 14.3 Å². The minimum Gasteiger partial charge on any atom is -0.393 e. The number of aliphatic hydroxyl groups is 1. The van der Waals surface area contributed by atoms with Gasteiger partial charge in [0.05, 0.1) is 0 Å². The van der Waals surface area contributed by atoms with Crippen molar-refractivity contribution in [3.8, 4) is 0 Å². The molecule has 0 amide bonds. The van der Waals surface area contributed by atoms with Crippen LogP contribution in [-0.4, -0.2) is 52.9 Å². The van der Waals surface area contributed by atoms with Gasteiger partial charge < -0.3 is 19.4 Å². The van der Waals surface area contributed by atoms with E-state index in [0.29, 0.717) is 0 Å². The molecule has 200 valence electrons. The van der Waals surface area contributed by atoms with Crippen LogP contribution in [0.15, 0.2) is 27.0 Å². The predicted molar refractivity (Wildman–Crippen MR) is 137 cm³/mol. The third-order valence-electron chi connectivity index (χ3n) is 6.53. The Bertz CT molecular complexity index is 824. The van der Waals surface area contributed by atoms with E-state index in [4.69, 9.17) is 14.3 Å². The third kappa shape index (κ3) is 10.7. The van der Waals surface area contributed by atoms with E-state index in [2.05, 4.69) is 17.1 Å². The highest BCUT2D eigenvalue weighted by atomic mass is 16.7. The molecule has 0 saturated carbocycles. The lowest BCUT2D eigenvalue weighted by atomic mass is 10.0. The number of nitrogens with zero attached hydrogens (tertiary/aromatic N) is 2. The van der Waals surface area contributed by atoms with Crippen LogP contribution in [0.4, 0.5) is 0 Å². The van der Waals surface area contributed by atoms with Gasteiger partial charge in [0.1, 0.15) is 24.9 Å². The largest absolute Gasteiger partial charge is 0.393 e. The van der Waals surface area contributed by atoms with Crippen molar-refractivity contribution in [2.24, 2.45) is 5.16 Å². The lowest BCUT2D eigenvalue weighted by molar-refractivity contribution is -0.0717. The summed E-state index contributed by atoms with van der Waals surface area (Å²) in [5.74, 6) is 0. The molecule has 9 heteroatoms. The van der Waals surface area contributed by atoms with Gasteiger partial charge in [-0.05, 0) is 12.8 Å². The molecule has 2 N–H and O–H groups in total. The number of nitrogens with one attached hydrogen (secondary N) is 1. The Morgan fingerprint density at radius 2 is 1.63 bits per heavy atom. The zero-order valence-electron chi connectivity index (χ0n) is 21.5. The van der Waals surface area contributed by atoms with Gasteiger partial charge in [0, 0.05) is 25.6 Å². The van der Waals surface area contributed by atoms with Crippen LogP contribution in [0, 0.1) is 0 Å². The molecule has 0 radical (unpaired) electrons. The normalized spacial score (nSPS) is 22.3. The van der Waals surface area contributed by atoms with Crippen LogP contribution >= 0.6 is 0 Å². The van der Waals surface area contributed by atoms with Crippen LogP contribution < -0.4 is 11.2 Å². The van der Waals surface area contributed by atoms with Crippen molar-refractivity contribution in [3.63, 3.8) is 0 Å². The Morgan fingerprint density at radius 3 is 2.20 bits per heavy atom. The number of methoxy groups -OCH3 is 1. The summed E-state index contributed by atoms with van der Waals surface area (Å²) in [6.07, 6.45) is 17.8. The Kier molecular flexibility index (Phi) is 14.6. The van der Waals surface area contributed by atoms with E-state index < -0.39 is 35.8 Å². The molecule has 4 atom stereocenters. The van der Waals surface area contributed by atoms with E-state index >= 15 is 0 Å². The first-order valence-corrected chi connectivity index (χ1v) is 13.4. The van der Waals surface area contributed by atoms with E-state index in [9.17, 15) is 14.7 Å². The van der Waals surface area contributed by atoms with Gasteiger partial charge in [-0.1, -0.05) is 89.1 Å². The van der Waals surface area contributed by atoms with Gasteiger partial charge in [-0.25, -0.2) is 4.79 Å². The van der Waals surface area contributed by atoms with E-state index in [1.807, 2.05) is 0 Å². The SMILES string of the molecule is CCCCCCCCCCCCCCCC=NOC[C@H]1O[C@@H](n2ccc(=O)[nH]c2=O)C(OC)C1O. The maximum absolute atomic E-state index is 12.1. The third-order valence-corrected chi connectivity index (χ3v) is 6.53. The molecule has 35 heavy (non-hydrogen) atoms. The van der Waals surface area contributed by atoms with E-state index in [-0.39, 0.29) is 6.61 Å². The first-order valence-electron chi connectivity index (χ1n) is 13.4. The average molecular weight is 496 g/mol. The van der Waals surface area contributed by atoms with Gasteiger partial charge in [-0.2, -0.15) is 0 Å². The molecule has 1 aliphatic heterocycles. The topological polar surface area (TPSA) is 115 Å². The van der Waals surface area contributed by atoms with Crippen molar-refractivity contribution >= 4 is 6.21 Å². The van der Waals surface area contributed by atoms with E-state index in [0.717, 1.165) is 12.8 Å². The van der Waals surface area contributed by atoms with Gasteiger partial charge in [-0.3, -0.25) is 14.3 Å². The summed E-state index contributed by atoms with van der Waals surface area (Å²) in [6.45, 7) is 2.29. The van der Waals surface area contributed by atoms with Gasteiger partial charge in [0.2, 0.25) is 0 Å². The van der Waals surface area contributed by atoms with Crippen molar-refractivity contribution in [2.75, 3.05) is 13.7 Å². The number of aromatic nitrogens is 2. The molecular formula is C26H45N3O6. The number of unbranched alkanes of at least 4 members (excludes halogenated alkanes) is 13. The Labute approximate surface area is 208 Å². The number of hydrogen-bond donors (Lipinski definition) is 2. The standard InChI is InChI=1S/C26H45N3O6/c1-3-4-5-6-7-8-9-10-11-12-13-14-15-16-18-27-34-20-21-23(31)24(33-2)25(35-21)29-19-17-22(30)28-26(29)32/h17-19,21,23-25,31H,3-16,20H2,1-2H3,(H,28,30,32)/t21-,23?,24?,25-/m1/s1. The quantitative estimate of drug-likeness (QED) is 0.168. The van der Waals surface area contributed by atoms with Crippen LogP contribution in [0.3, 0.4) is 0 Å². The molecule has 2 rings (SSSR count). The second-order valence-corrected chi connectivity index (χ2v) is 9.39. The molecule has 2 heterocycles. The molecule has 1 fully saturated rings. The molecule has 9 nitrogen and oxygen atoms in total. The number of ether oxygens (including phenoxy) is 2. The second kappa shape index (κ2) is 17.5. The van der Waals surface area contributed by atoms with Gasteiger partial charge >= 0.3 is 5.69 Å². The summed E-state index contributed by atoms with van der Waals surface area (Å²) < 4.78 is 12.3. The fourth-order valence-corrected chi connectivity index (χ4v) is 4.44. The van der Waals surface area contributed by atoms with Crippen molar-refractivity contribution in [3.05, 3.63) is 33.1 Å². The zero-order valence-corrected chi connectivity index (χ0v) is 21.5. The summed E-state index contributed by atoms with van der Waals surface area (Å²) in [5.41, 5.74) is -1.13. The van der Waals surface area contributed by atoms with E-state index in [1.165, 1.54) is 101 Å². The fourth-order valence-electron chi connectivity index (χ4n) is 4.44. The van der Waals surface area contributed by atoms with Crippen molar-refractivity contribution in [2.45, 2.75) is 121 Å². The van der Waals surface area contributed by atoms with Crippen LogP contribution in [0.25, 0.3) is 0 Å². The number of rotatable bonds is 19. The maximum atomic E-state index is 12.1. The van der Waals surface area contributed by atoms with Gasteiger partial charge in [0.25, 0.3) is 5.56 Å². The first-order chi connectivity index (χ1) is 17.1. The highest BCUT2D eigenvalue weighted by Gasteiger charge is 2.45. The molecule has 1 aromatic heterocycles. The lowest BCUT2D eigenvalue weighted by Crippen LogP contribution is -2.38. The number of aliphatic hydroxyl groups excluding tert-OH is 1. The monoisotopic (exact) mass is 495 g/mol. The highest BCUT2D eigenvalue weighted by Crippen LogP contribution is 2.30. The smallest absolute Gasteiger partial charge is 0.330 e. The van der Waals surface area contributed by atoms with Crippen molar-refractivity contribution < 1.29 is 19.4 Å². The summed E-state index contributed by atoms with van der Waals surface area (Å²) in [6, 6.07) is 1.22. The van der Waals surface area contributed by atoms with E-state index in [1.54, 1.807) is 6.21 Å². The molecule has 1 saturated heterocycles. The Hall–Kier alpha value is -1.97. The van der Waals surface area contributed by atoms with Crippen molar-refractivity contribution in [1.82, 2.24) is 9.55 Å². The zero-order chi connectivity index (χ0) is 25.3. The minimum absolute atomic E-state index is 0.0325. The number of aromatic amines is 1. The van der Waals surface area contributed by atoms with Crippen LogP contribution in [0.2, 0.25) is 0 Å². The van der Waals surface area contributed by atoms with Crippen LogP contribution in [0.5, 0.6) is 0 Å². The second-order valence-electron chi connectivity index (χ2n) is 9.39. The number of H-pyrrole nitrogens is 1.